The molecule has 7 nitrogen and oxygen atoms in total. The summed E-state index contributed by atoms with van der Waals surface area (Å²) in [5.74, 6) is -1.34. The predicted molar refractivity (Wildman–Crippen MR) is 59.8 cm³/mol. The van der Waals surface area contributed by atoms with Crippen molar-refractivity contribution in [3.8, 4) is 0 Å². The predicted octanol–water partition coefficient (Wildman–Crippen LogP) is 0.691. The van der Waals surface area contributed by atoms with Crippen molar-refractivity contribution in [3.63, 3.8) is 0 Å². The van der Waals surface area contributed by atoms with Crippen LogP contribution in [0.15, 0.2) is 35.0 Å². The fraction of sp³-hybridized carbons (Fsp3) is 0.0909. The van der Waals surface area contributed by atoms with E-state index in [0.29, 0.717) is 5.56 Å². The van der Waals surface area contributed by atoms with Crippen LogP contribution in [0.2, 0.25) is 0 Å². The first-order chi connectivity index (χ1) is 8.68. The van der Waals surface area contributed by atoms with Gasteiger partial charge < -0.3 is 10.5 Å². The summed E-state index contributed by atoms with van der Waals surface area (Å²) in [7, 11) is 0. The smallest absolute Gasteiger partial charge is 0.365 e. The van der Waals surface area contributed by atoms with Crippen molar-refractivity contribution < 1.29 is 19.0 Å². The molecule has 0 saturated heterocycles. The van der Waals surface area contributed by atoms with Crippen LogP contribution in [0.4, 0.5) is 5.82 Å². The summed E-state index contributed by atoms with van der Waals surface area (Å²) >= 11 is 0. The number of rotatable bonds is 4. The molecule has 0 fully saturated rings. The van der Waals surface area contributed by atoms with Gasteiger partial charge in [-0.2, -0.15) is 0 Å². The number of esters is 1. The number of benzene rings is 1. The number of hydrogen-bond acceptors (Lipinski definition) is 7. The van der Waals surface area contributed by atoms with Gasteiger partial charge in [0.15, 0.2) is 12.4 Å². The van der Waals surface area contributed by atoms with E-state index < -0.39 is 12.6 Å². The molecule has 0 aliphatic carbocycles. The van der Waals surface area contributed by atoms with Gasteiger partial charge in [-0.15, -0.1) is 0 Å². The Labute approximate surface area is 101 Å². The average Bonchev–Trinajstić information content (AvgIpc) is 2.83. The number of carbonyl (C=O) groups is 2. The topological polar surface area (TPSA) is 108 Å². The molecule has 0 saturated carbocycles. The molecule has 0 amide bonds. The lowest BCUT2D eigenvalue weighted by Gasteiger charge is -2.02. The van der Waals surface area contributed by atoms with E-state index in [1.165, 1.54) is 0 Å². The Morgan fingerprint density at radius 2 is 1.94 bits per heavy atom. The molecule has 0 aliphatic rings. The molecule has 0 radical (unpaired) electrons. The molecule has 0 spiro atoms. The first-order valence-corrected chi connectivity index (χ1v) is 5.02. The standard InChI is InChI=1S/C11H9N3O4/c12-10-9(13-18-14-10)11(16)17-6-8(15)7-4-2-1-3-5-7/h1-5H,6H2,(H2,12,14). The molecule has 1 aromatic heterocycles. The lowest BCUT2D eigenvalue weighted by Crippen LogP contribution is -2.15. The Hall–Kier alpha value is -2.70. The van der Waals surface area contributed by atoms with Crippen molar-refractivity contribution >= 4 is 17.6 Å². The van der Waals surface area contributed by atoms with Gasteiger partial charge >= 0.3 is 5.97 Å². The Morgan fingerprint density at radius 3 is 2.56 bits per heavy atom. The maximum absolute atomic E-state index is 11.6. The van der Waals surface area contributed by atoms with Crippen molar-refractivity contribution in [1.29, 1.82) is 0 Å². The number of aromatic nitrogens is 2. The number of carbonyl (C=O) groups excluding carboxylic acids is 2. The van der Waals surface area contributed by atoms with Crippen molar-refractivity contribution in [3.05, 3.63) is 41.6 Å². The molecule has 0 atom stereocenters. The summed E-state index contributed by atoms with van der Waals surface area (Å²) in [6.45, 7) is -0.394. The monoisotopic (exact) mass is 247 g/mol. The van der Waals surface area contributed by atoms with Crippen molar-refractivity contribution in [1.82, 2.24) is 10.3 Å². The molecule has 2 aromatic rings. The maximum Gasteiger partial charge on any atom is 0.365 e. The van der Waals surface area contributed by atoms with E-state index in [1.54, 1.807) is 30.3 Å². The molecule has 2 N–H and O–H groups in total. The average molecular weight is 247 g/mol. The van der Waals surface area contributed by atoms with Crippen LogP contribution in [-0.4, -0.2) is 28.7 Å². The number of Topliss-reactive ketones (excluding diaryl/α,β-unsaturated/α-hetero) is 1. The molecule has 1 heterocycles. The molecule has 92 valence electrons. The summed E-state index contributed by atoms with van der Waals surface area (Å²) in [5, 5.41) is 6.50. The van der Waals surface area contributed by atoms with Gasteiger partial charge in [-0.3, -0.25) is 4.79 Å². The van der Waals surface area contributed by atoms with E-state index in [-0.39, 0.29) is 17.3 Å². The molecule has 0 aliphatic heterocycles. The maximum atomic E-state index is 11.6. The first-order valence-electron chi connectivity index (χ1n) is 5.02. The second kappa shape index (κ2) is 5.09. The zero-order valence-electron chi connectivity index (χ0n) is 9.20. The molecule has 18 heavy (non-hydrogen) atoms. The molecular formula is C11H9N3O4. The van der Waals surface area contributed by atoms with Crippen LogP contribution >= 0.6 is 0 Å². The van der Waals surface area contributed by atoms with E-state index in [0.717, 1.165) is 0 Å². The molecule has 0 unspecified atom stereocenters. The van der Waals surface area contributed by atoms with Crippen LogP contribution < -0.4 is 5.73 Å². The third kappa shape index (κ3) is 2.51. The highest BCUT2D eigenvalue weighted by Crippen LogP contribution is 2.07. The van der Waals surface area contributed by atoms with Gasteiger partial charge in [-0.1, -0.05) is 30.3 Å². The summed E-state index contributed by atoms with van der Waals surface area (Å²) in [4.78, 5) is 23.1. The summed E-state index contributed by atoms with van der Waals surface area (Å²) in [6, 6.07) is 8.47. The highest BCUT2D eigenvalue weighted by molar-refractivity contribution is 5.99. The van der Waals surface area contributed by atoms with Crippen LogP contribution in [0.5, 0.6) is 0 Å². The SMILES string of the molecule is Nc1nonc1C(=O)OCC(=O)c1ccccc1. The van der Waals surface area contributed by atoms with E-state index in [4.69, 9.17) is 10.5 Å². The van der Waals surface area contributed by atoms with Crippen LogP contribution in [-0.2, 0) is 4.74 Å². The largest absolute Gasteiger partial charge is 0.452 e. The summed E-state index contributed by atoms with van der Waals surface area (Å²) < 4.78 is 9.00. The second-order valence-electron chi connectivity index (χ2n) is 3.36. The number of nitrogens with zero attached hydrogens (tertiary/aromatic N) is 2. The molecule has 0 bridgehead atoms. The van der Waals surface area contributed by atoms with Gasteiger partial charge in [0.05, 0.1) is 0 Å². The summed E-state index contributed by atoms with van der Waals surface area (Å²) in [5.41, 5.74) is 5.52. The van der Waals surface area contributed by atoms with Crippen LogP contribution in [0.3, 0.4) is 0 Å². The zero-order chi connectivity index (χ0) is 13.0. The van der Waals surface area contributed by atoms with Gasteiger partial charge in [0.1, 0.15) is 0 Å². The Morgan fingerprint density at radius 1 is 1.22 bits per heavy atom. The van der Waals surface area contributed by atoms with Crippen LogP contribution in [0.1, 0.15) is 20.8 Å². The number of nitrogen functional groups attached to an aromatic ring is 1. The highest BCUT2D eigenvalue weighted by Gasteiger charge is 2.19. The normalized spacial score (nSPS) is 10.0. The number of hydrogen-bond donors (Lipinski definition) is 1. The molecule has 7 heteroatoms. The van der Waals surface area contributed by atoms with E-state index >= 15 is 0 Å². The highest BCUT2D eigenvalue weighted by atomic mass is 16.6. The van der Waals surface area contributed by atoms with Gasteiger partial charge in [0.25, 0.3) is 0 Å². The van der Waals surface area contributed by atoms with E-state index in [2.05, 4.69) is 14.9 Å². The minimum Gasteiger partial charge on any atom is -0.452 e. The van der Waals surface area contributed by atoms with Gasteiger partial charge in [-0.05, 0) is 10.3 Å². The minimum absolute atomic E-state index is 0.174. The van der Waals surface area contributed by atoms with Crippen LogP contribution in [0, 0.1) is 0 Å². The molecule has 1 aromatic carbocycles. The zero-order valence-corrected chi connectivity index (χ0v) is 9.20. The number of anilines is 1. The molecular weight excluding hydrogens is 238 g/mol. The van der Waals surface area contributed by atoms with Crippen molar-refractivity contribution in [2.45, 2.75) is 0 Å². The third-order valence-electron chi connectivity index (χ3n) is 2.14. The first kappa shape index (κ1) is 11.8. The Bertz CT molecular complexity index is 565. The number of nitrogens with two attached hydrogens (primary N) is 1. The fourth-order valence-corrected chi connectivity index (χ4v) is 1.24. The molecule has 2 rings (SSSR count). The van der Waals surface area contributed by atoms with Crippen molar-refractivity contribution in [2.24, 2.45) is 0 Å². The Balaban J connectivity index is 1.95. The minimum atomic E-state index is -0.849. The van der Waals surface area contributed by atoms with E-state index in [1.807, 2.05) is 0 Å². The van der Waals surface area contributed by atoms with Gasteiger partial charge in [0.2, 0.25) is 11.5 Å². The van der Waals surface area contributed by atoms with E-state index in [9.17, 15) is 9.59 Å². The lowest BCUT2D eigenvalue weighted by molar-refractivity contribution is 0.0465. The third-order valence-corrected chi connectivity index (χ3v) is 2.14. The fourth-order valence-electron chi connectivity index (χ4n) is 1.24. The lowest BCUT2D eigenvalue weighted by atomic mass is 10.1. The summed E-state index contributed by atoms with van der Waals surface area (Å²) in [6.07, 6.45) is 0. The quantitative estimate of drug-likeness (QED) is 0.625. The van der Waals surface area contributed by atoms with Crippen molar-refractivity contribution in [2.75, 3.05) is 12.3 Å². The van der Waals surface area contributed by atoms with Crippen LogP contribution in [0.25, 0.3) is 0 Å². The van der Waals surface area contributed by atoms with Gasteiger partial charge in [-0.25, -0.2) is 9.42 Å². The van der Waals surface area contributed by atoms with Gasteiger partial charge in [0, 0.05) is 5.56 Å². The number of ether oxygens (including phenoxy) is 1. The number of ketones is 1. The second-order valence-corrected chi connectivity index (χ2v) is 3.36. The Kier molecular flexibility index (Phi) is 3.33.